The molecule has 0 radical (unpaired) electrons. The Kier molecular flexibility index (Phi) is 7.29. The van der Waals surface area contributed by atoms with Crippen molar-refractivity contribution in [1.82, 2.24) is 0 Å². The van der Waals surface area contributed by atoms with Gasteiger partial charge in [0.1, 0.15) is 0 Å². The SMILES string of the molecule is CCCCc1cccc(-c2cc(Br)cc(-c3cccc(CCCC)c3)c2)c1. The first-order valence-corrected chi connectivity index (χ1v) is 11.0. The highest BCUT2D eigenvalue weighted by molar-refractivity contribution is 9.10. The zero-order chi connectivity index (χ0) is 19.1. The van der Waals surface area contributed by atoms with Crippen LogP contribution in [0.25, 0.3) is 22.3 Å². The maximum atomic E-state index is 3.73. The summed E-state index contributed by atoms with van der Waals surface area (Å²) in [6.07, 6.45) is 7.28. The second-order valence-corrected chi connectivity index (χ2v) is 8.25. The first-order chi connectivity index (χ1) is 13.2. The average molecular weight is 421 g/mol. The lowest BCUT2D eigenvalue weighted by atomic mass is 9.95. The van der Waals surface area contributed by atoms with Crippen molar-refractivity contribution in [2.75, 3.05) is 0 Å². The first-order valence-electron chi connectivity index (χ1n) is 10.2. The third kappa shape index (κ3) is 5.56. The van der Waals surface area contributed by atoms with E-state index in [1.165, 1.54) is 59.1 Å². The zero-order valence-electron chi connectivity index (χ0n) is 16.5. The minimum absolute atomic E-state index is 1.13. The minimum atomic E-state index is 1.13. The Hall–Kier alpha value is -1.86. The molecule has 3 aromatic rings. The highest BCUT2D eigenvalue weighted by atomic mass is 79.9. The van der Waals surface area contributed by atoms with E-state index in [-0.39, 0.29) is 0 Å². The van der Waals surface area contributed by atoms with Gasteiger partial charge >= 0.3 is 0 Å². The van der Waals surface area contributed by atoms with Crippen LogP contribution in [0.15, 0.2) is 71.2 Å². The Morgan fingerprint density at radius 3 is 1.52 bits per heavy atom. The van der Waals surface area contributed by atoms with E-state index in [0.717, 1.165) is 17.3 Å². The molecular weight excluding hydrogens is 392 g/mol. The second kappa shape index (κ2) is 9.90. The van der Waals surface area contributed by atoms with E-state index in [0.29, 0.717) is 0 Å². The highest BCUT2D eigenvalue weighted by Crippen LogP contribution is 2.31. The van der Waals surface area contributed by atoms with Crippen LogP contribution in [-0.4, -0.2) is 0 Å². The molecule has 1 heteroatoms. The third-order valence-electron chi connectivity index (χ3n) is 5.06. The van der Waals surface area contributed by atoms with Crippen molar-refractivity contribution in [3.63, 3.8) is 0 Å². The molecule has 0 aliphatic heterocycles. The van der Waals surface area contributed by atoms with Gasteiger partial charge in [-0.25, -0.2) is 0 Å². The maximum absolute atomic E-state index is 3.73. The summed E-state index contributed by atoms with van der Waals surface area (Å²) in [6.45, 7) is 4.50. The van der Waals surface area contributed by atoms with Crippen molar-refractivity contribution >= 4 is 15.9 Å². The van der Waals surface area contributed by atoms with Gasteiger partial charge in [0.2, 0.25) is 0 Å². The van der Waals surface area contributed by atoms with Gasteiger partial charge in [0.05, 0.1) is 0 Å². The molecule has 0 unspecified atom stereocenters. The number of aryl methyl sites for hydroxylation is 2. The van der Waals surface area contributed by atoms with Gasteiger partial charge in [-0.1, -0.05) is 91.1 Å². The van der Waals surface area contributed by atoms with Crippen LogP contribution in [0.5, 0.6) is 0 Å². The molecular formula is C26H29Br. The predicted octanol–water partition coefficient (Wildman–Crippen LogP) is 8.47. The second-order valence-electron chi connectivity index (χ2n) is 7.34. The Bertz CT molecular complexity index is 809. The van der Waals surface area contributed by atoms with Gasteiger partial charge in [-0.3, -0.25) is 0 Å². The van der Waals surface area contributed by atoms with Crippen molar-refractivity contribution < 1.29 is 0 Å². The molecule has 0 aliphatic rings. The highest BCUT2D eigenvalue weighted by Gasteiger charge is 2.06. The van der Waals surface area contributed by atoms with Gasteiger partial charge in [0, 0.05) is 4.47 Å². The summed E-state index contributed by atoms with van der Waals surface area (Å²) in [6, 6.07) is 24.8. The Morgan fingerprint density at radius 1 is 0.593 bits per heavy atom. The molecule has 140 valence electrons. The quantitative estimate of drug-likeness (QED) is 0.342. The van der Waals surface area contributed by atoms with Gasteiger partial charge in [-0.15, -0.1) is 0 Å². The van der Waals surface area contributed by atoms with E-state index in [1.807, 2.05) is 0 Å². The summed E-state index contributed by atoms with van der Waals surface area (Å²) >= 11 is 3.73. The van der Waals surface area contributed by atoms with E-state index >= 15 is 0 Å². The average Bonchev–Trinajstić information content (AvgIpc) is 2.70. The standard InChI is InChI=1S/C26H29Br/c1-3-5-9-20-11-7-13-22(15-20)24-17-25(19-26(27)18-24)23-14-8-12-21(16-23)10-6-4-2/h7-8,11-19H,3-6,9-10H2,1-2H3. The molecule has 0 spiro atoms. The van der Waals surface area contributed by atoms with Crippen LogP contribution >= 0.6 is 15.9 Å². The van der Waals surface area contributed by atoms with Gasteiger partial charge in [0.25, 0.3) is 0 Å². The van der Waals surface area contributed by atoms with Gasteiger partial charge in [-0.05, 0) is 77.3 Å². The van der Waals surface area contributed by atoms with E-state index in [2.05, 4.69) is 96.5 Å². The van der Waals surface area contributed by atoms with Crippen LogP contribution in [0.2, 0.25) is 0 Å². The number of hydrogen-bond donors (Lipinski definition) is 0. The van der Waals surface area contributed by atoms with Crippen LogP contribution < -0.4 is 0 Å². The molecule has 0 heterocycles. The van der Waals surface area contributed by atoms with E-state index in [4.69, 9.17) is 0 Å². The molecule has 0 aliphatic carbocycles. The van der Waals surface area contributed by atoms with Crippen molar-refractivity contribution in [3.05, 3.63) is 82.3 Å². The van der Waals surface area contributed by atoms with Crippen molar-refractivity contribution in [2.24, 2.45) is 0 Å². The molecule has 0 amide bonds. The fourth-order valence-electron chi connectivity index (χ4n) is 3.50. The molecule has 0 N–H and O–H groups in total. The maximum Gasteiger partial charge on any atom is 0.0187 e. The van der Waals surface area contributed by atoms with Crippen LogP contribution in [-0.2, 0) is 12.8 Å². The largest absolute Gasteiger partial charge is 0.0654 e. The van der Waals surface area contributed by atoms with Crippen molar-refractivity contribution in [2.45, 2.75) is 52.4 Å². The fourth-order valence-corrected chi connectivity index (χ4v) is 3.99. The summed E-state index contributed by atoms with van der Waals surface area (Å²) in [4.78, 5) is 0. The smallest absolute Gasteiger partial charge is 0.0187 e. The monoisotopic (exact) mass is 420 g/mol. The lowest BCUT2D eigenvalue weighted by Gasteiger charge is -2.11. The van der Waals surface area contributed by atoms with Crippen LogP contribution in [0.1, 0.15) is 50.7 Å². The topological polar surface area (TPSA) is 0 Å². The third-order valence-corrected chi connectivity index (χ3v) is 5.51. The molecule has 0 aromatic heterocycles. The summed E-state index contributed by atoms with van der Waals surface area (Å²) in [5, 5.41) is 0. The molecule has 0 atom stereocenters. The number of hydrogen-bond acceptors (Lipinski definition) is 0. The van der Waals surface area contributed by atoms with E-state index in [9.17, 15) is 0 Å². The van der Waals surface area contributed by atoms with Crippen LogP contribution in [0.3, 0.4) is 0 Å². The molecule has 0 saturated carbocycles. The predicted molar refractivity (Wildman–Crippen MR) is 122 cm³/mol. The van der Waals surface area contributed by atoms with Gasteiger partial charge in [-0.2, -0.15) is 0 Å². The van der Waals surface area contributed by atoms with Crippen LogP contribution in [0, 0.1) is 0 Å². The summed E-state index contributed by atoms with van der Waals surface area (Å²) in [5.74, 6) is 0. The molecule has 3 aromatic carbocycles. The Morgan fingerprint density at radius 2 is 1.07 bits per heavy atom. The number of unbranched alkanes of at least 4 members (excludes halogenated alkanes) is 2. The van der Waals surface area contributed by atoms with E-state index < -0.39 is 0 Å². The lowest BCUT2D eigenvalue weighted by molar-refractivity contribution is 0.795. The van der Waals surface area contributed by atoms with Gasteiger partial charge in [0.15, 0.2) is 0 Å². The molecule has 0 fully saturated rings. The van der Waals surface area contributed by atoms with Crippen LogP contribution in [0.4, 0.5) is 0 Å². The molecule has 0 saturated heterocycles. The van der Waals surface area contributed by atoms with Crippen molar-refractivity contribution in [1.29, 1.82) is 0 Å². The normalized spacial score (nSPS) is 10.9. The number of halogens is 1. The Labute approximate surface area is 172 Å². The minimum Gasteiger partial charge on any atom is -0.0654 e. The molecule has 0 bridgehead atoms. The van der Waals surface area contributed by atoms with Crippen molar-refractivity contribution in [3.8, 4) is 22.3 Å². The summed E-state index contributed by atoms with van der Waals surface area (Å²) < 4.78 is 1.13. The zero-order valence-corrected chi connectivity index (χ0v) is 18.1. The molecule has 3 rings (SSSR count). The summed E-state index contributed by atoms with van der Waals surface area (Å²) in [7, 11) is 0. The number of rotatable bonds is 8. The lowest BCUT2D eigenvalue weighted by Crippen LogP contribution is -1.89. The fraction of sp³-hybridized carbons (Fsp3) is 0.308. The number of benzene rings is 3. The van der Waals surface area contributed by atoms with E-state index in [1.54, 1.807) is 0 Å². The molecule has 27 heavy (non-hydrogen) atoms. The molecule has 0 nitrogen and oxygen atoms in total. The first kappa shape index (κ1) is 19.9. The Balaban J connectivity index is 1.93. The summed E-state index contributed by atoms with van der Waals surface area (Å²) in [5.41, 5.74) is 8.00. The van der Waals surface area contributed by atoms with Gasteiger partial charge < -0.3 is 0 Å².